The quantitative estimate of drug-likeness (QED) is 0.735. The van der Waals surface area contributed by atoms with Gasteiger partial charge in [0.05, 0.1) is 5.69 Å². The maximum atomic E-state index is 13.1. The second-order valence-electron chi connectivity index (χ2n) is 2.80. The molecule has 2 N–H and O–H groups in total. The molecule has 1 aromatic rings. The number of H-pyrrole nitrogens is 2. The van der Waals surface area contributed by atoms with Gasteiger partial charge in [0.25, 0.3) is 5.56 Å². The van der Waals surface area contributed by atoms with Crippen LogP contribution in [0.15, 0.2) is 4.79 Å². The summed E-state index contributed by atoms with van der Waals surface area (Å²) in [5.74, 6) is -0.748. The minimum atomic E-state index is -0.748. The maximum absolute atomic E-state index is 13.1. The van der Waals surface area contributed by atoms with E-state index in [2.05, 4.69) is 9.97 Å². The molecular weight excluding hydrogens is 191 g/mol. The van der Waals surface area contributed by atoms with Gasteiger partial charge in [-0.2, -0.15) is 4.39 Å². The monoisotopic (exact) mass is 202 g/mol. The van der Waals surface area contributed by atoms with E-state index < -0.39 is 11.4 Å². The van der Waals surface area contributed by atoms with Crippen LogP contribution in [0.2, 0.25) is 0 Å². The molecule has 0 saturated carbocycles. The zero-order valence-corrected chi connectivity index (χ0v) is 8.13. The van der Waals surface area contributed by atoms with E-state index in [0.29, 0.717) is 12.1 Å². The number of aromatic amines is 2. The van der Waals surface area contributed by atoms with Crippen molar-refractivity contribution in [1.82, 2.24) is 9.97 Å². The molecule has 1 rings (SSSR count). The van der Waals surface area contributed by atoms with Crippen LogP contribution in [0.1, 0.15) is 25.5 Å². The maximum Gasteiger partial charge on any atom is 0.287 e. The summed E-state index contributed by atoms with van der Waals surface area (Å²) in [7, 11) is 0. The first kappa shape index (κ1) is 10.1. The highest BCUT2D eigenvalue weighted by molar-refractivity contribution is 7.71. The second-order valence-corrected chi connectivity index (χ2v) is 3.21. The predicted octanol–water partition coefficient (Wildman–Crippen LogP) is 1.91. The van der Waals surface area contributed by atoms with E-state index in [0.717, 1.165) is 12.8 Å². The Morgan fingerprint density at radius 1 is 1.46 bits per heavy atom. The Labute approximate surface area is 80.0 Å². The molecule has 13 heavy (non-hydrogen) atoms. The van der Waals surface area contributed by atoms with Crippen molar-refractivity contribution in [2.75, 3.05) is 0 Å². The topological polar surface area (TPSA) is 48.6 Å². The molecule has 72 valence electrons. The van der Waals surface area contributed by atoms with E-state index in [-0.39, 0.29) is 4.77 Å². The summed E-state index contributed by atoms with van der Waals surface area (Å²) in [5, 5.41) is 0. The highest BCUT2D eigenvalue weighted by Crippen LogP contribution is 2.02. The lowest BCUT2D eigenvalue weighted by Crippen LogP contribution is -2.15. The van der Waals surface area contributed by atoms with Gasteiger partial charge in [-0.05, 0) is 25.1 Å². The smallest absolute Gasteiger partial charge is 0.287 e. The standard InChI is InChI=1S/C8H11FN2OS/c1-2-3-4-5-6(9)7(12)11-8(13)10-5/h2-4H2,1H3,(H2,10,11,12,13). The lowest BCUT2D eigenvalue weighted by molar-refractivity contribution is 0.569. The predicted molar refractivity (Wildman–Crippen MR) is 50.8 cm³/mol. The summed E-state index contributed by atoms with van der Waals surface area (Å²) in [5.41, 5.74) is -0.439. The van der Waals surface area contributed by atoms with E-state index >= 15 is 0 Å². The molecule has 0 fully saturated rings. The lowest BCUT2D eigenvalue weighted by atomic mass is 10.2. The summed E-state index contributed by atoms with van der Waals surface area (Å²) in [6.07, 6.45) is 2.31. The minimum Gasteiger partial charge on any atom is -0.333 e. The van der Waals surface area contributed by atoms with Gasteiger partial charge in [-0.1, -0.05) is 13.3 Å². The third-order valence-corrected chi connectivity index (χ3v) is 1.94. The number of nitrogens with one attached hydrogen (secondary N) is 2. The van der Waals surface area contributed by atoms with Crippen LogP contribution in [0.4, 0.5) is 4.39 Å². The van der Waals surface area contributed by atoms with Crippen molar-refractivity contribution in [3.8, 4) is 0 Å². The normalized spacial score (nSPS) is 10.3. The van der Waals surface area contributed by atoms with Gasteiger partial charge in [-0.15, -0.1) is 0 Å². The lowest BCUT2D eigenvalue weighted by Gasteiger charge is -2.00. The first-order chi connectivity index (χ1) is 6.15. The SMILES string of the molecule is CCCCc1[nH]c(=S)[nH]c(=O)c1F. The molecule has 0 amide bonds. The number of halogens is 1. The molecule has 0 spiro atoms. The number of unbranched alkanes of at least 4 members (excludes halogenated alkanes) is 1. The zero-order chi connectivity index (χ0) is 9.84. The fourth-order valence-corrected chi connectivity index (χ4v) is 1.26. The van der Waals surface area contributed by atoms with Crippen molar-refractivity contribution in [3.63, 3.8) is 0 Å². The molecule has 0 bridgehead atoms. The van der Waals surface area contributed by atoms with Crippen LogP contribution in [-0.4, -0.2) is 9.97 Å². The third kappa shape index (κ3) is 2.48. The van der Waals surface area contributed by atoms with Crippen LogP contribution < -0.4 is 5.56 Å². The van der Waals surface area contributed by atoms with Gasteiger partial charge in [0.2, 0.25) is 5.82 Å². The molecular formula is C8H11FN2OS. The average Bonchev–Trinajstić information content (AvgIpc) is 2.09. The Morgan fingerprint density at radius 3 is 2.77 bits per heavy atom. The molecule has 0 aliphatic heterocycles. The fraction of sp³-hybridized carbons (Fsp3) is 0.500. The molecule has 1 aromatic heterocycles. The summed E-state index contributed by atoms with van der Waals surface area (Å²) >= 11 is 4.72. The van der Waals surface area contributed by atoms with Crippen LogP contribution >= 0.6 is 12.2 Å². The van der Waals surface area contributed by atoms with Crippen LogP contribution in [0.25, 0.3) is 0 Å². The van der Waals surface area contributed by atoms with Crippen LogP contribution in [-0.2, 0) is 6.42 Å². The van der Waals surface area contributed by atoms with Gasteiger partial charge in [0, 0.05) is 0 Å². The van der Waals surface area contributed by atoms with E-state index in [1.165, 1.54) is 0 Å². The number of hydrogen-bond acceptors (Lipinski definition) is 2. The first-order valence-corrected chi connectivity index (χ1v) is 4.57. The summed E-state index contributed by atoms with van der Waals surface area (Å²) in [6.45, 7) is 2.00. The van der Waals surface area contributed by atoms with Crippen LogP contribution in [0, 0.1) is 10.6 Å². The van der Waals surface area contributed by atoms with Crippen molar-refractivity contribution < 1.29 is 4.39 Å². The van der Waals surface area contributed by atoms with Crippen molar-refractivity contribution in [1.29, 1.82) is 0 Å². The Kier molecular flexibility index (Phi) is 3.36. The molecule has 0 radical (unpaired) electrons. The number of aromatic nitrogens is 2. The molecule has 0 aliphatic carbocycles. The van der Waals surface area contributed by atoms with Crippen molar-refractivity contribution in [3.05, 3.63) is 26.6 Å². The summed E-state index contributed by atoms with van der Waals surface area (Å²) in [6, 6.07) is 0. The van der Waals surface area contributed by atoms with Crippen molar-refractivity contribution in [2.45, 2.75) is 26.2 Å². The zero-order valence-electron chi connectivity index (χ0n) is 7.32. The molecule has 0 saturated heterocycles. The molecule has 1 heterocycles. The highest BCUT2D eigenvalue weighted by atomic mass is 32.1. The van der Waals surface area contributed by atoms with E-state index in [9.17, 15) is 9.18 Å². The molecule has 5 heteroatoms. The molecule has 0 aliphatic rings. The van der Waals surface area contributed by atoms with E-state index in [1.807, 2.05) is 6.92 Å². The minimum absolute atomic E-state index is 0.178. The largest absolute Gasteiger partial charge is 0.333 e. The number of hydrogen-bond donors (Lipinski definition) is 2. The van der Waals surface area contributed by atoms with E-state index in [4.69, 9.17) is 12.2 Å². The number of rotatable bonds is 3. The third-order valence-electron chi connectivity index (χ3n) is 1.74. The van der Waals surface area contributed by atoms with E-state index in [1.54, 1.807) is 0 Å². The van der Waals surface area contributed by atoms with Crippen LogP contribution in [0.5, 0.6) is 0 Å². The van der Waals surface area contributed by atoms with Gasteiger partial charge in [0.15, 0.2) is 4.77 Å². The Morgan fingerprint density at radius 2 is 2.15 bits per heavy atom. The summed E-state index contributed by atoms with van der Waals surface area (Å²) in [4.78, 5) is 15.7. The molecule has 3 nitrogen and oxygen atoms in total. The van der Waals surface area contributed by atoms with Gasteiger partial charge in [-0.3, -0.25) is 9.78 Å². The summed E-state index contributed by atoms with van der Waals surface area (Å²) < 4.78 is 13.3. The Bertz CT molecular complexity index is 396. The van der Waals surface area contributed by atoms with Gasteiger partial charge >= 0.3 is 0 Å². The van der Waals surface area contributed by atoms with Crippen LogP contribution in [0.3, 0.4) is 0 Å². The second kappa shape index (κ2) is 4.32. The number of aryl methyl sites for hydroxylation is 1. The molecule has 0 unspecified atom stereocenters. The van der Waals surface area contributed by atoms with Gasteiger partial charge in [-0.25, -0.2) is 0 Å². The van der Waals surface area contributed by atoms with Gasteiger partial charge < -0.3 is 4.98 Å². The Hall–Kier alpha value is -0.970. The first-order valence-electron chi connectivity index (χ1n) is 4.16. The van der Waals surface area contributed by atoms with Gasteiger partial charge in [0.1, 0.15) is 0 Å². The fourth-order valence-electron chi connectivity index (χ4n) is 1.04. The average molecular weight is 202 g/mol. The van der Waals surface area contributed by atoms with Crippen molar-refractivity contribution >= 4 is 12.2 Å². The Balaban J connectivity index is 3.06. The molecule has 0 aromatic carbocycles. The molecule has 0 atom stereocenters. The highest BCUT2D eigenvalue weighted by Gasteiger charge is 2.05. The van der Waals surface area contributed by atoms with Crippen molar-refractivity contribution in [2.24, 2.45) is 0 Å².